The highest BCUT2D eigenvalue weighted by Gasteiger charge is 2.14. The van der Waals surface area contributed by atoms with E-state index in [1.807, 2.05) is 47.9 Å². The van der Waals surface area contributed by atoms with E-state index in [9.17, 15) is 4.79 Å². The van der Waals surface area contributed by atoms with Gasteiger partial charge >= 0.3 is 0 Å². The Morgan fingerprint density at radius 2 is 1.95 bits per heavy atom. The molecule has 1 fully saturated rings. The van der Waals surface area contributed by atoms with Gasteiger partial charge in [-0.15, -0.1) is 0 Å². The van der Waals surface area contributed by atoms with E-state index in [0.717, 1.165) is 30.2 Å². The maximum atomic E-state index is 11.8. The molecule has 1 heterocycles. The number of nitrogens with zero attached hydrogens (tertiary/aromatic N) is 1. The van der Waals surface area contributed by atoms with Crippen LogP contribution in [0.2, 0.25) is 0 Å². The summed E-state index contributed by atoms with van der Waals surface area (Å²) in [7, 11) is 0. The first kappa shape index (κ1) is 15.1. The van der Waals surface area contributed by atoms with Gasteiger partial charge in [0, 0.05) is 30.7 Å². The van der Waals surface area contributed by atoms with Crippen LogP contribution < -0.4 is 5.32 Å². The molecule has 20 heavy (non-hydrogen) atoms. The SMILES string of the molecule is Cc1ccc(/C=C/C(=O)NC(=S)N2CCSCC2)cc1. The van der Waals surface area contributed by atoms with Gasteiger partial charge in [-0.25, -0.2) is 0 Å². The van der Waals surface area contributed by atoms with Crippen LogP contribution in [0.15, 0.2) is 30.3 Å². The average molecular weight is 306 g/mol. The minimum absolute atomic E-state index is 0.172. The third-order valence-electron chi connectivity index (χ3n) is 3.03. The maximum Gasteiger partial charge on any atom is 0.250 e. The van der Waals surface area contributed by atoms with Crippen molar-refractivity contribution in [3.8, 4) is 0 Å². The quantitative estimate of drug-likeness (QED) is 0.672. The van der Waals surface area contributed by atoms with Crippen LogP contribution in [0.25, 0.3) is 6.08 Å². The molecular formula is C15H18N2OS2. The molecule has 2 rings (SSSR count). The molecule has 1 amide bonds. The summed E-state index contributed by atoms with van der Waals surface area (Å²) < 4.78 is 0. The van der Waals surface area contributed by atoms with E-state index >= 15 is 0 Å². The van der Waals surface area contributed by atoms with Gasteiger partial charge in [-0.3, -0.25) is 10.1 Å². The van der Waals surface area contributed by atoms with Gasteiger partial charge in [0.2, 0.25) is 5.91 Å². The molecule has 0 aromatic heterocycles. The fraction of sp³-hybridized carbons (Fsp3) is 0.333. The lowest BCUT2D eigenvalue weighted by Gasteiger charge is -2.28. The van der Waals surface area contributed by atoms with Crippen molar-refractivity contribution in [3.63, 3.8) is 0 Å². The van der Waals surface area contributed by atoms with Gasteiger partial charge in [0.05, 0.1) is 0 Å². The molecule has 1 saturated heterocycles. The molecule has 1 aliphatic rings. The fourth-order valence-corrected chi connectivity index (χ4v) is 3.03. The number of thiocarbonyl (C=S) groups is 1. The van der Waals surface area contributed by atoms with E-state index in [2.05, 4.69) is 5.32 Å². The minimum atomic E-state index is -0.172. The summed E-state index contributed by atoms with van der Waals surface area (Å²) in [5.74, 6) is 1.96. The lowest BCUT2D eigenvalue weighted by molar-refractivity contribution is -0.115. The Labute approximate surface area is 129 Å². The summed E-state index contributed by atoms with van der Waals surface area (Å²) in [5.41, 5.74) is 2.21. The third-order valence-corrected chi connectivity index (χ3v) is 4.34. The number of thioether (sulfide) groups is 1. The summed E-state index contributed by atoms with van der Waals surface area (Å²) >= 11 is 7.16. The van der Waals surface area contributed by atoms with Crippen molar-refractivity contribution in [2.75, 3.05) is 24.6 Å². The van der Waals surface area contributed by atoms with Crippen LogP contribution in [0.1, 0.15) is 11.1 Å². The maximum absolute atomic E-state index is 11.8. The van der Waals surface area contributed by atoms with Crippen LogP contribution in [-0.4, -0.2) is 40.5 Å². The van der Waals surface area contributed by atoms with Crippen LogP contribution in [0.4, 0.5) is 0 Å². The van der Waals surface area contributed by atoms with Crippen LogP contribution >= 0.6 is 24.0 Å². The van der Waals surface area contributed by atoms with E-state index in [-0.39, 0.29) is 5.91 Å². The Kier molecular flexibility index (Phi) is 5.61. The number of nitrogens with one attached hydrogen (secondary N) is 1. The number of carbonyl (C=O) groups excluding carboxylic acids is 1. The lowest BCUT2D eigenvalue weighted by Crippen LogP contribution is -2.45. The van der Waals surface area contributed by atoms with Crippen molar-refractivity contribution in [1.82, 2.24) is 10.2 Å². The summed E-state index contributed by atoms with van der Waals surface area (Å²) in [4.78, 5) is 13.9. The highest BCUT2D eigenvalue weighted by Crippen LogP contribution is 2.09. The second-order valence-electron chi connectivity index (χ2n) is 4.64. The monoisotopic (exact) mass is 306 g/mol. The van der Waals surface area contributed by atoms with Crippen LogP contribution in [0.3, 0.4) is 0 Å². The van der Waals surface area contributed by atoms with Gasteiger partial charge in [-0.05, 0) is 30.8 Å². The molecule has 0 aliphatic carbocycles. The number of rotatable bonds is 2. The smallest absolute Gasteiger partial charge is 0.250 e. The Morgan fingerprint density at radius 3 is 2.60 bits per heavy atom. The normalized spacial score (nSPS) is 15.3. The lowest BCUT2D eigenvalue weighted by atomic mass is 10.1. The summed E-state index contributed by atoms with van der Waals surface area (Å²) in [6, 6.07) is 8.01. The Morgan fingerprint density at radius 1 is 1.30 bits per heavy atom. The van der Waals surface area contributed by atoms with Crippen molar-refractivity contribution in [2.45, 2.75) is 6.92 Å². The molecule has 1 N–H and O–H groups in total. The van der Waals surface area contributed by atoms with Crippen molar-refractivity contribution in [3.05, 3.63) is 41.5 Å². The highest BCUT2D eigenvalue weighted by atomic mass is 32.2. The molecule has 0 bridgehead atoms. The van der Waals surface area contributed by atoms with Crippen LogP contribution in [0, 0.1) is 6.92 Å². The zero-order valence-electron chi connectivity index (χ0n) is 11.5. The molecule has 0 unspecified atom stereocenters. The van der Waals surface area contributed by atoms with Crippen molar-refractivity contribution >= 4 is 41.1 Å². The fourth-order valence-electron chi connectivity index (χ4n) is 1.84. The summed E-state index contributed by atoms with van der Waals surface area (Å²) in [6.07, 6.45) is 3.32. The third kappa shape index (κ3) is 4.65. The van der Waals surface area contributed by atoms with Crippen molar-refractivity contribution in [2.24, 2.45) is 0 Å². The van der Waals surface area contributed by atoms with Gasteiger partial charge in [-0.2, -0.15) is 11.8 Å². The van der Waals surface area contributed by atoms with Crippen LogP contribution in [-0.2, 0) is 4.79 Å². The molecule has 0 atom stereocenters. The number of hydrogen-bond donors (Lipinski definition) is 1. The van der Waals surface area contributed by atoms with E-state index in [1.165, 1.54) is 11.6 Å². The second kappa shape index (κ2) is 7.45. The molecule has 5 heteroatoms. The number of amides is 1. The number of benzene rings is 1. The average Bonchev–Trinajstić information content (AvgIpc) is 2.47. The van der Waals surface area contributed by atoms with Crippen molar-refractivity contribution < 1.29 is 4.79 Å². The predicted molar refractivity (Wildman–Crippen MR) is 89.9 cm³/mol. The van der Waals surface area contributed by atoms with Gasteiger partial charge in [-0.1, -0.05) is 29.8 Å². The van der Waals surface area contributed by atoms with E-state index in [1.54, 1.807) is 6.08 Å². The summed E-state index contributed by atoms with van der Waals surface area (Å²) in [6.45, 7) is 3.85. The molecule has 0 saturated carbocycles. The minimum Gasteiger partial charge on any atom is -0.347 e. The molecule has 1 aromatic carbocycles. The molecule has 106 valence electrons. The molecule has 0 spiro atoms. The van der Waals surface area contributed by atoms with Gasteiger partial charge < -0.3 is 4.90 Å². The molecule has 0 radical (unpaired) electrons. The highest BCUT2D eigenvalue weighted by molar-refractivity contribution is 7.99. The number of hydrogen-bond acceptors (Lipinski definition) is 3. The van der Waals surface area contributed by atoms with Gasteiger partial charge in [0.1, 0.15) is 0 Å². The topological polar surface area (TPSA) is 32.3 Å². The first-order valence-electron chi connectivity index (χ1n) is 6.57. The molecular weight excluding hydrogens is 288 g/mol. The Hall–Kier alpha value is -1.33. The molecule has 1 aliphatic heterocycles. The van der Waals surface area contributed by atoms with Crippen LogP contribution in [0.5, 0.6) is 0 Å². The molecule has 3 nitrogen and oxygen atoms in total. The standard InChI is InChI=1S/C15H18N2OS2/c1-12-2-4-13(5-3-12)6-7-14(18)16-15(19)17-8-10-20-11-9-17/h2-7H,8-11H2,1H3,(H,16,18,19)/b7-6+. The van der Waals surface area contributed by atoms with E-state index in [0.29, 0.717) is 5.11 Å². The largest absolute Gasteiger partial charge is 0.347 e. The zero-order chi connectivity index (χ0) is 14.4. The summed E-state index contributed by atoms with van der Waals surface area (Å²) in [5, 5.41) is 3.28. The Balaban J connectivity index is 1.85. The van der Waals surface area contributed by atoms with Crippen molar-refractivity contribution in [1.29, 1.82) is 0 Å². The van der Waals surface area contributed by atoms with E-state index < -0.39 is 0 Å². The zero-order valence-corrected chi connectivity index (χ0v) is 13.1. The van der Waals surface area contributed by atoms with E-state index in [4.69, 9.17) is 12.2 Å². The second-order valence-corrected chi connectivity index (χ2v) is 6.25. The number of aryl methyl sites for hydroxylation is 1. The predicted octanol–water partition coefficient (Wildman–Crippen LogP) is 2.46. The first-order valence-corrected chi connectivity index (χ1v) is 8.14. The Bertz CT molecular complexity index is 505. The first-order chi connectivity index (χ1) is 9.65. The van der Waals surface area contributed by atoms with Gasteiger partial charge in [0.15, 0.2) is 5.11 Å². The molecule has 1 aromatic rings. The van der Waals surface area contributed by atoms with Gasteiger partial charge in [0.25, 0.3) is 0 Å². The number of carbonyl (C=O) groups is 1.